The normalized spacial score (nSPS) is 10.7. The predicted octanol–water partition coefficient (Wildman–Crippen LogP) is 2.63. The zero-order chi connectivity index (χ0) is 22.0. The predicted molar refractivity (Wildman–Crippen MR) is 111 cm³/mol. The van der Waals surface area contributed by atoms with Crippen LogP contribution in [0.3, 0.4) is 0 Å². The number of rotatable bonds is 6. The molecule has 10 nitrogen and oxygen atoms in total. The number of fused-ring (bicyclic) bond motifs is 1. The standard InChI is InChI=1S/C21H18N4O6/c1-28-14-7-4-12(5-8-14)19-24-25-20(27)15(11-22-21(25)31-19)23-18(26)13-6-9-16(29-2)17(10-13)30-3/h4-11H,1-3H3,(H,23,26). The number of carbonyl (C=O) groups excluding carboxylic acids is 1. The van der Waals surface area contributed by atoms with Crippen molar-refractivity contribution in [3.05, 3.63) is 64.6 Å². The van der Waals surface area contributed by atoms with Gasteiger partial charge in [-0.3, -0.25) is 9.59 Å². The molecule has 0 aliphatic carbocycles. The van der Waals surface area contributed by atoms with Gasteiger partial charge in [0.1, 0.15) is 11.4 Å². The molecule has 31 heavy (non-hydrogen) atoms. The van der Waals surface area contributed by atoms with Gasteiger partial charge in [-0.05, 0) is 42.5 Å². The summed E-state index contributed by atoms with van der Waals surface area (Å²) in [6.45, 7) is 0. The van der Waals surface area contributed by atoms with E-state index in [0.717, 1.165) is 4.52 Å². The van der Waals surface area contributed by atoms with Crippen LogP contribution < -0.4 is 25.1 Å². The van der Waals surface area contributed by atoms with Crippen molar-refractivity contribution in [2.24, 2.45) is 0 Å². The van der Waals surface area contributed by atoms with Gasteiger partial charge in [0, 0.05) is 11.1 Å². The Balaban J connectivity index is 1.63. The Morgan fingerprint density at radius 2 is 1.74 bits per heavy atom. The first-order valence-corrected chi connectivity index (χ1v) is 9.10. The second-order valence-electron chi connectivity index (χ2n) is 6.33. The molecular formula is C21H18N4O6. The highest BCUT2D eigenvalue weighted by Gasteiger charge is 2.17. The molecule has 2 aromatic carbocycles. The number of nitrogens with one attached hydrogen (secondary N) is 1. The molecule has 0 fully saturated rings. The third-order valence-electron chi connectivity index (χ3n) is 4.52. The zero-order valence-corrected chi connectivity index (χ0v) is 16.9. The molecule has 0 saturated carbocycles. The van der Waals surface area contributed by atoms with Crippen molar-refractivity contribution in [3.63, 3.8) is 0 Å². The van der Waals surface area contributed by atoms with Gasteiger partial charge in [-0.2, -0.15) is 0 Å². The quantitative estimate of drug-likeness (QED) is 0.504. The van der Waals surface area contributed by atoms with Crippen LogP contribution in [0.5, 0.6) is 17.2 Å². The molecule has 0 unspecified atom stereocenters. The van der Waals surface area contributed by atoms with Crippen molar-refractivity contribution in [1.82, 2.24) is 14.6 Å². The van der Waals surface area contributed by atoms with Crippen molar-refractivity contribution < 1.29 is 23.4 Å². The number of hydrogen-bond acceptors (Lipinski definition) is 8. The van der Waals surface area contributed by atoms with Crippen molar-refractivity contribution >= 4 is 17.4 Å². The smallest absolute Gasteiger partial charge is 0.328 e. The van der Waals surface area contributed by atoms with Crippen LogP contribution in [0.2, 0.25) is 0 Å². The number of hydrogen-bond donors (Lipinski definition) is 1. The Morgan fingerprint density at radius 3 is 2.42 bits per heavy atom. The van der Waals surface area contributed by atoms with Crippen molar-refractivity contribution in [2.45, 2.75) is 0 Å². The minimum Gasteiger partial charge on any atom is -0.497 e. The SMILES string of the molecule is COc1ccc(-c2nn3c(=O)c(NC(=O)c4ccc(OC)c(OC)c4)cnc3o2)cc1. The van der Waals surface area contributed by atoms with Gasteiger partial charge < -0.3 is 23.9 Å². The second-order valence-corrected chi connectivity index (χ2v) is 6.33. The van der Waals surface area contributed by atoms with E-state index < -0.39 is 11.5 Å². The Kier molecular flexibility index (Phi) is 5.27. The molecule has 0 spiro atoms. The Bertz CT molecular complexity index is 1310. The summed E-state index contributed by atoms with van der Waals surface area (Å²) < 4.78 is 22.0. The maximum absolute atomic E-state index is 12.8. The van der Waals surface area contributed by atoms with Gasteiger partial charge in [0.15, 0.2) is 11.5 Å². The molecule has 0 radical (unpaired) electrons. The topological polar surface area (TPSA) is 117 Å². The lowest BCUT2D eigenvalue weighted by atomic mass is 10.2. The first-order chi connectivity index (χ1) is 15.0. The Hall–Kier alpha value is -4.34. The van der Waals surface area contributed by atoms with Gasteiger partial charge in [0.25, 0.3) is 5.91 Å². The highest BCUT2D eigenvalue weighted by atomic mass is 16.5. The molecule has 158 valence electrons. The molecule has 1 N–H and O–H groups in total. The molecule has 0 aliphatic heterocycles. The summed E-state index contributed by atoms with van der Waals surface area (Å²) in [7, 11) is 4.53. The third-order valence-corrected chi connectivity index (χ3v) is 4.52. The zero-order valence-electron chi connectivity index (χ0n) is 16.9. The van der Waals surface area contributed by atoms with Gasteiger partial charge >= 0.3 is 11.4 Å². The average molecular weight is 422 g/mol. The highest BCUT2D eigenvalue weighted by molar-refractivity contribution is 6.04. The van der Waals surface area contributed by atoms with E-state index in [4.69, 9.17) is 18.6 Å². The number of nitrogens with zero attached hydrogens (tertiary/aromatic N) is 3. The molecule has 0 saturated heterocycles. The summed E-state index contributed by atoms with van der Waals surface area (Å²) in [6, 6.07) is 11.6. The fourth-order valence-corrected chi connectivity index (χ4v) is 2.89. The van der Waals surface area contributed by atoms with E-state index in [1.807, 2.05) is 0 Å². The van der Waals surface area contributed by atoms with Crippen LogP contribution in [0.25, 0.3) is 17.3 Å². The minimum atomic E-state index is -0.581. The number of amides is 1. The molecule has 4 aromatic rings. The summed E-state index contributed by atoms with van der Waals surface area (Å²) in [5, 5.41) is 6.72. The van der Waals surface area contributed by atoms with E-state index in [2.05, 4.69) is 15.4 Å². The molecule has 0 atom stereocenters. The molecular weight excluding hydrogens is 404 g/mol. The molecule has 0 bridgehead atoms. The van der Waals surface area contributed by atoms with Crippen molar-refractivity contribution in [3.8, 4) is 28.7 Å². The van der Waals surface area contributed by atoms with E-state index in [0.29, 0.717) is 22.8 Å². The highest BCUT2D eigenvalue weighted by Crippen LogP contribution is 2.28. The second kappa shape index (κ2) is 8.19. The van der Waals surface area contributed by atoms with Crippen LogP contribution in [-0.4, -0.2) is 41.8 Å². The fraction of sp³-hybridized carbons (Fsp3) is 0.143. The lowest BCUT2D eigenvalue weighted by Crippen LogP contribution is -2.23. The molecule has 0 aliphatic rings. The number of methoxy groups -OCH3 is 3. The number of ether oxygens (including phenoxy) is 3. The van der Waals surface area contributed by atoms with Crippen LogP contribution in [0.4, 0.5) is 5.69 Å². The van der Waals surface area contributed by atoms with Crippen molar-refractivity contribution in [2.75, 3.05) is 26.6 Å². The maximum Gasteiger partial charge on any atom is 0.328 e. The van der Waals surface area contributed by atoms with Crippen LogP contribution in [0, 0.1) is 0 Å². The van der Waals surface area contributed by atoms with Gasteiger partial charge in [0.2, 0.25) is 5.89 Å². The number of benzene rings is 2. The van der Waals surface area contributed by atoms with Gasteiger partial charge in [-0.1, -0.05) is 0 Å². The summed E-state index contributed by atoms with van der Waals surface area (Å²) >= 11 is 0. The lowest BCUT2D eigenvalue weighted by Gasteiger charge is -2.09. The van der Waals surface area contributed by atoms with Gasteiger partial charge in [-0.25, -0.2) is 4.98 Å². The minimum absolute atomic E-state index is 0.0000613. The summed E-state index contributed by atoms with van der Waals surface area (Å²) in [4.78, 5) is 29.5. The van der Waals surface area contributed by atoms with E-state index in [9.17, 15) is 9.59 Å². The van der Waals surface area contributed by atoms with Crippen LogP contribution >= 0.6 is 0 Å². The van der Waals surface area contributed by atoms with E-state index in [1.165, 1.54) is 26.5 Å². The lowest BCUT2D eigenvalue weighted by molar-refractivity contribution is 0.102. The summed E-state index contributed by atoms with van der Waals surface area (Å²) in [5.74, 6) is 1.24. The van der Waals surface area contributed by atoms with Crippen molar-refractivity contribution in [1.29, 1.82) is 0 Å². The Labute approximate surface area is 176 Å². The van der Waals surface area contributed by atoms with E-state index >= 15 is 0 Å². The van der Waals surface area contributed by atoms with Crippen LogP contribution in [-0.2, 0) is 0 Å². The molecule has 1 amide bonds. The number of anilines is 1. The van der Waals surface area contributed by atoms with E-state index in [1.54, 1.807) is 43.5 Å². The largest absolute Gasteiger partial charge is 0.497 e. The number of aromatic nitrogens is 3. The fourth-order valence-electron chi connectivity index (χ4n) is 2.89. The Morgan fingerprint density at radius 1 is 1.00 bits per heavy atom. The first-order valence-electron chi connectivity index (χ1n) is 9.10. The van der Waals surface area contributed by atoms with Gasteiger partial charge in [0.05, 0.1) is 27.5 Å². The first kappa shape index (κ1) is 20.0. The maximum atomic E-state index is 12.8. The molecule has 10 heteroatoms. The average Bonchev–Trinajstić information content (AvgIpc) is 3.25. The van der Waals surface area contributed by atoms with Crippen LogP contribution in [0.1, 0.15) is 10.4 Å². The third kappa shape index (κ3) is 3.78. The molecule has 4 rings (SSSR count). The summed E-state index contributed by atoms with van der Waals surface area (Å²) in [5.41, 5.74) is 0.289. The molecule has 2 aromatic heterocycles. The van der Waals surface area contributed by atoms with E-state index in [-0.39, 0.29) is 23.0 Å². The summed E-state index contributed by atoms with van der Waals surface area (Å²) in [6.07, 6.45) is 1.22. The molecule has 2 heterocycles. The van der Waals surface area contributed by atoms with Gasteiger partial charge in [-0.15, -0.1) is 9.61 Å². The van der Waals surface area contributed by atoms with Crippen LogP contribution in [0.15, 0.2) is 57.9 Å². The monoisotopic (exact) mass is 422 g/mol. The number of carbonyl (C=O) groups is 1.